The Morgan fingerprint density at radius 1 is 1.31 bits per heavy atom. The van der Waals surface area contributed by atoms with Gasteiger partial charge < -0.3 is 16.8 Å². The van der Waals surface area contributed by atoms with Crippen LogP contribution in [0.5, 0.6) is 0 Å². The number of anilines is 3. The summed E-state index contributed by atoms with van der Waals surface area (Å²) in [5.41, 5.74) is 13.5. The molecule has 84 valence electrons. The van der Waals surface area contributed by atoms with E-state index in [1.165, 1.54) is 4.88 Å². The smallest absolute Gasteiger partial charge is 0.0897 e. The van der Waals surface area contributed by atoms with Crippen molar-refractivity contribution < 1.29 is 0 Å². The minimum absolute atomic E-state index is 0.602. The molecule has 0 aliphatic carbocycles. The Labute approximate surface area is 98.3 Å². The molecule has 0 fully saturated rings. The Balaban J connectivity index is 2.02. The standard InChI is InChI=1S/C11H14N4S/c1-7-14-5-9(16-7)6-15-8-2-3-10(12)11(13)4-8/h2-5,15H,6,12-13H2,1H3. The fraction of sp³-hybridized carbons (Fsp3) is 0.182. The molecule has 0 amide bonds. The van der Waals surface area contributed by atoms with Gasteiger partial charge in [0, 0.05) is 16.8 Å². The van der Waals surface area contributed by atoms with E-state index < -0.39 is 0 Å². The monoisotopic (exact) mass is 234 g/mol. The van der Waals surface area contributed by atoms with Gasteiger partial charge in [0.2, 0.25) is 0 Å². The van der Waals surface area contributed by atoms with Gasteiger partial charge in [0.25, 0.3) is 0 Å². The van der Waals surface area contributed by atoms with Gasteiger partial charge in [-0.15, -0.1) is 11.3 Å². The largest absolute Gasteiger partial charge is 0.397 e. The molecule has 0 radical (unpaired) electrons. The molecule has 0 unspecified atom stereocenters. The molecule has 2 aromatic rings. The first kappa shape index (κ1) is 10.8. The number of rotatable bonds is 3. The van der Waals surface area contributed by atoms with Gasteiger partial charge >= 0.3 is 0 Å². The zero-order valence-corrected chi connectivity index (χ0v) is 9.84. The van der Waals surface area contributed by atoms with Crippen LogP contribution in [0.15, 0.2) is 24.4 Å². The SMILES string of the molecule is Cc1ncc(CNc2ccc(N)c(N)c2)s1. The topological polar surface area (TPSA) is 77.0 Å². The van der Waals surface area contributed by atoms with E-state index in [2.05, 4.69) is 10.3 Å². The second kappa shape index (κ2) is 4.40. The molecule has 4 nitrogen and oxygen atoms in total. The zero-order valence-electron chi connectivity index (χ0n) is 9.03. The highest BCUT2D eigenvalue weighted by Gasteiger charge is 2.00. The zero-order chi connectivity index (χ0) is 11.5. The van der Waals surface area contributed by atoms with Gasteiger partial charge in [-0.25, -0.2) is 4.98 Å². The number of nitrogen functional groups attached to an aromatic ring is 2. The van der Waals surface area contributed by atoms with Gasteiger partial charge in [-0.2, -0.15) is 0 Å². The van der Waals surface area contributed by atoms with Crippen molar-refractivity contribution in [3.63, 3.8) is 0 Å². The van der Waals surface area contributed by atoms with Crippen molar-refractivity contribution in [3.05, 3.63) is 34.3 Å². The number of nitrogens with zero attached hydrogens (tertiary/aromatic N) is 1. The van der Waals surface area contributed by atoms with E-state index in [9.17, 15) is 0 Å². The fourth-order valence-electron chi connectivity index (χ4n) is 1.36. The average Bonchev–Trinajstić information content (AvgIpc) is 2.66. The number of hydrogen-bond donors (Lipinski definition) is 3. The lowest BCUT2D eigenvalue weighted by Gasteiger charge is -2.06. The first-order valence-electron chi connectivity index (χ1n) is 4.95. The number of hydrogen-bond acceptors (Lipinski definition) is 5. The highest BCUT2D eigenvalue weighted by Crippen LogP contribution is 2.21. The third-order valence-corrected chi connectivity index (χ3v) is 3.14. The molecule has 0 aliphatic heterocycles. The summed E-state index contributed by atoms with van der Waals surface area (Å²) in [5.74, 6) is 0. The molecule has 1 heterocycles. The predicted octanol–water partition coefficient (Wildman–Crippen LogP) is 2.23. The summed E-state index contributed by atoms with van der Waals surface area (Å²) in [5, 5.41) is 4.35. The average molecular weight is 234 g/mol. The molecule has 1 aromatic heterocycles. The van der Waals surface area contributed by atoms with E-state index >= 15 is 0 Å². The van der Waals surface area contributed by atoms with Crippen LogP contribution in [0.1, 0.15) is 9.88 Å². The lowest BCUT2D eigenvalue weighted by Crippen LogP contribution is -2.00. The van der Waals surface area contributed by atoms with E-state index in [0.29, 0.717) is 11.4 Å². The molecule has 0 saturated heterocycles. The van der Waals surface area contributed by atoms with Crippen LogP contribution in [0.25, 0.3) is 0 Å². The fourth-order valence-corrected chi connectivity index (χ4v) is 2.10. The van der Waals surface area contributed by atoms with Crippen molar-refractivity contribution in [1.82, 2.24) is 4.98 Å². The first-order valence-corrected chi connectivity index (χ1v) is 5.77. The normalized spacial score (nSPS) is 10.3. The molecule has 5 N–H and O–H groups in total. The minimum atomic E-state index is 0.602. The van der Waals surface area contributed by atoms with E-state index in [0.717, 1.165) is 17.2 Å². The molecule has 0 saturated carbocycles. The molecule has 0 bridgehead atoms. The molecule has 0 spiro atoms. The molecule has 0 aliphatic rings. The van der Waals surface area contributed by atoms with Gasteiger partial charge in [-0.1, -0.05) is 0 Å². The molecule has 1 aromatic carbocycles. The van der Waals surface area contributed by atoms with E-state index in [-0.39, 0.29) is 0 Å². The Kier molecular flexibility index (Phi) is 2.96. The lowest BCUT2D eigenvalue weighted by atomic mass is 10.2. The summed E-state index contributed by atoms with van der Waals surface area (Å²) in [6, 6.07) is 5.55. The van der Waals surface area contributed by atoms with Crippen LogP contribution < -0.4 is 16.8 Å². The Morgan fingerprint density at radius 3 is 2.75 bits per heavy atom. The maximum Gasteiger partial charge on any atom is 0.0897 e. The van der Waals surface area contributed by atoms with Crippen LogP contribution >= 0.6 is 11.3 Å². The third-order valence-electron chi connectivity index (χ3n) is 2.22. The van der Waals surface area contributed by atoms with E-state index in [1.54, 1.807) is 17.4 Å². The highest BCUT2D eigenvalue weighted by molar-refractivity contribution is 7.11. The lowest BCUT2D eigenvalue weighted by molar-refractivity contribution is 1.17. The molecule has 0 atom stereocenters. The van der Waals surface area contributed by atoms with Crippen molar-refractivity contribution in [3.8, 4) is 0 Å². The van der Waals surface area contributed by atoms with Crippen molar-refractivity contribution in [1.29, 1.82) is 0 Å². The number of nitrogens with two attached hydrogens (primary N) is 2. The number of aromatic nitrogens is 1. The van der Waals surface area contributed by atoms with Crippen molar-refractivity contribution in [2.45, 2.75) is 13.5 Å². The Hall–Kier alpha value is -1.75. The molecule has 2 rings (SSSR count). The molecular formula is C11H14N4S. The molecule has 5 heteroatoms. The predicted molar refractivity (Wildman–Crippen MR) is 69.4 cm³/mol. The molecular weight excluding hydrogens is 220 g/mol. The van der Waals surface area contributed by atoms with Crippen molar-refractivity contribution in [2.75, 3.05) is 16.8 Å². The van der Waals surface area contributed by atoms with Gasteiger partial charge in [-0.05, 0) is 25.1 Å². The van der Waals surface area contributed by atoms with Crippen molar-refractivity contribution >= 4 is 28.4 Å². The van der Waals surface area contributed by atoms with Gasteiger partial charge in [-0.3, -0.25) is 0 Å². The van der Waals surface area contributed by atoms with Crippen LogP contribution in [0.4, 0.5) is 17.1 Å². The molecule has 16 heavy (non-hydrogen) atoms. The maximum atomic E-state index is 5.72. The third kappa shape index (κ3) is 2.43. The summed E-state index contributed by atoms with van der Waals surface area (Å²) in [6.45, 7) is 2.75. The first-order chi connectivity index (χ1) is 7.65. The van der Waals surface area contributed by atoms with Crippen LogP contribution in [0.3, 0.4) is 0 Å². The quantitative estimate of drug-likeness (QED) is 0.712. The maximum absolute atomic E-state index is 5.72. The van der Waals surface area contributed by atoms with E-state index in [1.807, 2.05) is 25.3 Å². The summed E-state index contributed by atoms with van der Waals surface area (Å²) < 4.78 is 0. The second-order valence-electron chi connectivity index (χ2n) is 3.54. The van der Waals surface area contributed by atoms with Crippen LogP contribution in [0.2, 0.25) is 0 Å². The van der Waals surface area contributed by atoms with Crippen molar-refractivity contribution in [2.24, 2.45) is 0 Å². The number of aryl methyl sites for hydroxylation is 1. The highest BCUT2D eigenvalue weighted by atomic mass is 32.1. The number of benzene rings is 1. The number of nitrogens with one attached hydrogen (secondary N) is 1. The second-order valence-corrected chi connectivity index (χ2v) is 4.86. The summed E-state index contributed by atoms with van der Waals surface area (Å²) in [4.78, 5) is 5.40. The van der Waals surface area contributed by atoms with Crippen LogP contribution in [-0.2, 0) is 6.54 Å². The van der Waals surface area contributed by atoms with Crippen LogP contribution in [0, 0.1) is 6.92 Å². The summed E-state index contributed by atoms with van der Waals surface area (Å²) in [6.07, 6.45) is 1.88. The van der Waals surface area contributed by atoms with Crippen LogP contribution in [-0.4, -0.2) is 4.98 Å². The Bertz CT molecular complexity index is 492. The minimum Gasteiger partial charge on any atom is -0.397 e. The Morgan fingerprint density at radius 2 is 2.12 bits per heavy atom. The van der Waals surface area contributed by atoms with Gasteiger partial charge in [0.15, 0.2) is 0 Å². The summed E-state index contributed by atoms with van der Waals surface area (Å²) in [7, 11) is 0. The van der Waals surface area contributed by atoms with E-state index in [4.69, 9.17) is 11.5 Å². The van der Waals surface area contributed by atoms with Gasteiger partial charge in [0.05, 0.1) is 22.9 Å². The summed E-state index contributed by atoms with van der Waals surface area (Å²) >= 11 is 1.68. The van der Waals surface area contributed by atoms with Gasteiger partial charge in [0.1, 0.15) is 0 Å². The number of thiazole rings is 1.